The van der Waals surface area contributed by atoms with Gasteiger partial charge in [0.25, 0.3) is 0 Å². The monoisotopic (exact) mass is 334 g/mol. The Labute approximate surface area is 123 Å². The number of aromatic hydroxyl groups is 3. The Hall–Kier alpha value is -2.39. The number of rotatable bonds is 3. The Bertz CT molecular complexity index is 696. The van der Waals surface area contributed by atoms with Gasteiger partial charge in [0.15, 0.2) is 11.5 Å². The molecule has 6 heteroatoms. The quantitative estimate of drug-likeness (QED) is 0.647. The van der Waals surface area contributed by atoms with Crippen LogP contribution in [0.25, 0.3) is 0 Å². The van der Waals surface area contributed by atoms with Gasteiger partial charge in [-0.3, -0.25) is 0 Å². The summed E-state index contributed by atoms with van der Waals surface area (Å²) in [6, 6.07) is 10.0. The molecular weight excluding hydrogens is 324 g/mol. The fourth-order valence-electron chi connectivity index (χ4n) is 1.70. The Morgan fingerprint density at radius 3 is 2.55 bits per heavy atom. The Morgan fingerprint density at radius 1 is 1.10 bits per heavy atom. The minimum absolute atomic E-state index is 0.199. The van der Waals surface area contributed by atoms with Gasteiger partial charge in [0.1, 0.15) is 6.07 Å². The van der Waals surface area contributed by atoms with Crippen molar-refractivity contribution in [1.29, 1.82) is 5.26 Å². The highest BCUT2D eigenvalue weighted by Gasteiger charge is 2.11. The average molecular weight is 335 g/mol. The highest BCUT2D eigenvalue weighted by Crippen LogP contribution is 2.37. The lowest BCUT2D eigenvalue weighted by atomic mass is 10.1. The zero-order chi connectivity index (χ0) is 14.7. The number of nitrogens with one attached hydrogen (secondary N) is 1. The number of nitrogens with zero attached hydrogens (tertiary/aromatic N) is 1. The van der Waals surface area contributed by atoms with Gasteiger partial charge in [-0.15, -0.1) is 0 Å². The maximum Gasteiger partial charge on any atom is 0.200 e. The van der Waals surface area contributed by atoms with Gasteiger partial charge in [-0.05, 0) is 30.3 Å². The van der Waals surface area contributed by atoms with Gasteiger partial charge in [0, 0.05) is 16.6 Å². The van der Waals surface area contributed by atoms with Gasteiger partial charge in [0.2, 0.25) is 5.75 Å². The number of hydrogen-bond donors (Lipinski definition) is 4. The number of hydrogen-bond acceptors (Lipinski definition) is 5. The Balaban J connectivity index is 2.24. The molecule has 0 radical (unpaired) electrons. The van der Waals surface area contributed by atoms with E-state index in [9.17, 15) is 15.3 Å². The fraction of sp³-hybridized carbons (Fsp3) is 0.0714. The van der Waals surface area contributed by atoms with Crippen molar-refractivity contribution in [1.82, 2.24) is 0 Å². The van der Waals surface area contributed by atoms with Crippen molar-refractivity contribution in [3.05, 3.63) is 45.9 Å². The molecule has 2 aromatic carbocycles. The zero-order valence-corrected chi connectivity index (χ0v) is 11.8. The zero-order valence-electron chi connectivity index (χ0n) is 10.3. The van der Waals surface area contributed by atoms with Crippen molar-refractivity contribution in [2.45, 2.75) is 6.54 Å². The van der Waals surface area contributed by atoms with Crippen molar-refractivity contribution in [2.75, 3.05) is 5.32 Å². The first-order valence-electron chi connectivity index (χ1n) is 5.69. The summed E-state index contributed by atoms with van der Waals surface area (Å²) in [5, 5.41) is 40.4. The molecule has 102 valence electrons. The second kappa shape index (κ2) is 5.72. The Morgan fingerprint density at radius 2 is 1.85 bits per heavy atom. The van der Waals surface area contributed by atoms with Gasteiger partial charge in [0.05, 0.1) is 11.3 Å². The van der Waals surface area contributed by atoms with Crippen LogP contribution in [0.5, 0.6) is 17.2 Å². The Kier molecular flexibility index (Phi) is 4.01. The smallest absolute Gasteiger partial charge is 0.200 e. The average Bonchev–Trinajstić information content (AvgIpc) is 2.44. The van der Waals surface area contributed by atoms with Crippen LogP contribution in [0.4, 0.5) is 5.69 Å². The fourth-order valence-corrected chi connectivity index (χ4v) is 2.07. The number of benzene rings is 2. The summed E-state index contributed by atoms with van der Waals surface area (Å²) in [5.74, 6) is -1.32. The van der Waals surface area contributed by atoms with E-state index in [-0.39, 0.29) is 18.0 Å². The van der Waals surface area contributed by atoms with E-state index in [0.717, 1.165) is 4.47 Å². The molecule has 4 N–H and O–H groups in total. The summed E-state index contributed by atoms with van der Waals surface area (Å²) in [6.45, 7) is 0.199. The van der Waals surface area contributed by atoms with Crippen molar-refractivity contribution in [3.8, 4) is 23.3 Å². The summed E-state index contributed by atoms with van der Waals surface area (Å²) < 4.78 is 0.816. The molecule has 2 aromatic rings. The standard InChI is InChI=1S/C14H11BrN2O3/c15-10-3-1-8(6-16)11(5-10)17-7-9-2-4-12(18)14(20)13(9)19/h1-5,17-20H,7H2. The van der Waals surface area contributed by atoms with E-state index in [1.807, 2.05) is 0 Å². The molecule has 5 nitrogen and oxygen atoms in total. The van der Waals surface area contributed by atoms with Crippen LogP contribution < -0.4 is 5.32 Å². The molecular formula is C14H11BrN2O3. The van der Waals surface area contributed by atoms with Gasteiger partial charge >= 0.3 is 0 Å². The molecule has 20 heavy (non-hydrogen) atoms. The number of halogens is 1. The molecule has 0 spiro atoms. The number of anilines is 1. The molecule has 2 rings (SSSR count). The van der Waals surface area contributed by atoms with Crippen LogP contribution >= 0.6 is 15.9 Å². The summed E-state index contributed by atoms with van der Waals surface area (Å²) in [6.07, 6.45) is 0. The predicted molar refractivity (Wildman–Crippen MR) is 77.6 cm³/mol. The SMILES string of the molecule is N#Cc1ccc(Br)cc1NCc1ccc(O)c(O)c1O. The van der Waals surface area contributed by atoms with Crippen LogP contribution in [0.1, 0.15) is 11.1 Å². The molecule has 0 bridgehead atoms. The van der Waals surface area contributed by atoms with E-state index >= 15 is 0 Å². The second-order valence-corrected chi connectivity index (χ2v) is 5.01. The van der Waals surface area contributed by atoms with E-state index < -0.39 is 5.75 Å². The molecule has 0 saturated heterocycles. The van der Waals surface area contributed by atoms with E-state index in [0.29, 0.717) is 16.8 Å². The highest BCUT2D eigenvalue weighted by atomic mass is 79.9. The lowest BCUT2D eigenvalue weighted by molar-refractivity contribution is 0.365. The largest absolute Gasteiger partial charge is 0.504 e. The molecule has 0 fully saturated rings. The summed E-state index contributed by atoms with van der Waals surface area (Å²) in [4.78, 5) is 0. The van der Waals surface area contributed by atoms with Crippen LogP contribution in [-0.4, -0.2) is 15.3 Å². The number of phenolic OH excluding ortho intramolecular Hbond substituents is 3. The van der Waals surface area contributed by atoms with E-state index in [1.165, 1.54) is 12.1 Å². The molecule has 0 heterocycles. The van der Waals surface area contributed by atoms with Crippen molar-refractivity contribution < 1.29 is 15.3 Å². The lowest BCUT2D eigenvalue weighted by Gasteiger charge is -2.11. The normalized spacial score (nSPS) is 10.0. The first kappa shape index (κ1) is 14.0. The lowest BCUT2D eigenvalue weighted by Crippen LogP contribution is -2.01. The van der Waals surface area contributed by atoms with Crippen LogP contribution in [0.3, 0.4) is 0 Å². The van der Waals surface area contributed by atoms with E-state index in [2.05, 4.69) is 27.3 Å². The van der Waals surface area contributed by atoms with Gasteiger partial charge < -0.3 is 20.6 Å². The molecule has 0 aliphatic carbocycles. The molecule has 0 saturated carbocycles. The molecule has 0 aromatic heterocycles. The van der Waals surface area contributed by atoms with E-state index in [1.54, 1.807) is 18.2 Å². The second-order valence-electron chi connectivity index (χ2n) is 4.10. The molecule has 0 amide bonds. The van der Waals surface area contributed by atoms with Crippen LogP contribution in [0.2, 0.25) is 0 Å². The maximum atomic E-state index is 9.71. The third-order valence-electron chi connectivity index (χ3n) is 2.78. The third-order valence-corrected chi connectivity index (χ3v) is 3.28. The van der Waals surface area contributed by atoms with Crippen LogP contribution in [-0.2, 0) is 6.54 Å². The summed E-state index contributed by atoms with van der Waals surface area (Å²) in [5.41, 5.74) is 1.48. The highest BCUT2D eigenvalue weighted by molar-refractivity contribution is 9.10. The molecule has 0 aliphatic rings. The van der Waals surface area contributed by atoms with Crippen LogP contribution in [0, 0.1) is 11.3 Å². The molecule has 0 unspecified atom stereocenters. The molecule has 0 atom stereocenters. The first-order valence-corrected chi connectivity index (χ1v) is 6.48. The minimum Gasteiger partial charge on any atom is -0.504 e. The summed E-state index contributed by atoms with van der Waals surface area (Å²) in [7, 11) is 0. The number of nitriles is 1. The molecule has 0 aliphatic heterocycles. The predicted octanol–water partition coefficient (Wildman–Crippen LogP) is 3.05. The van der Waals surface area contributed by atoms with E-state index in [4.69, 9.17) is 5.26 Å². The van der Waals surface area contributed by atoms with Crippen molar-refractivity contribution in [3.63, 3.8) is 0 Å². The topological polar surface area (TPSA) is 96.5 Å². The van der Waals surface area contributed by atoms with Gasteiger partial charge in [-0.1, -0.05) is 15.9 Å². The first-order chi connectivity index (χ1) is 9.52. The van der Waals surface area contributed by atoms with Crippen LogP contribution in [0.15, 0.2) is 34.8 Å². The minimum atomic E-state index is -0.556. The van der Waals surface area contributed by atoms with Crippen molar-refractivity contribution in [2.24, 2.45) is 0 Å². The summed E-state index contributed by atoms with van der Waals surface area (Å²) >= 11 is 3.32. The number of phenols is 3. The van der Waals surface area contributed by atoms with Crippen molar-refractivity contribution >= 4 is 21.6 Å². The van der Waals surface area contributed by atoms with Gasteiger partial charge in [-0.25, -0.2) is 0 Å². The van der Waals surface area contributed by atoms with Gasteiger partial charge in [-0.2, -0.15) is 5.26 Å². The maximum absolute atomic E-state index is 9.71. The third kappa shape index (κ3) is 2.78.